The second-order valence-electron chi connectivity index (χ2n) is 6.79. The molecule has 2 bridgehead atoms. The van der Waals surface area contributed by atoms with Crippen LogP contribution in [0, 0.1) is 5.92 Å². The minimum Gasteiger partial charge on any atom is -0.481 e. The molecule has 0 aromatic heterocycles. The van der Waals surface area contributed by atoms with Crippen LogP contribution in [0.5, 0.6) is 0 Å². The first kappa shape index (κ1) is 13.4. The second kappa shape index (κ2) is 5.06. The topological polar surface area (TPSA) is 43.8 Å². The normalized spacial score (nSPS) is 37.3. The zero-order chi connectivity index (χ0) is 13.6. The van der Waals surface area contributed by atoms with Crippen LogP contribution in [0.3, 0.4) is 0 Å². The van der Waals surface area contributed by atoms with Gasteiger partial charge in [0.25, 0.3) is 0 Å². The Morgan fingerprint density at radius 2 is 1.79 bits per heavy atom. The van der Waals surface area contributed by atoms with Crippen molar-refractivity contribution >= 4 is 5.97 Å². The number of piperidine rings is 1. The fraction of sp³-hybridized carbons (Fsp3) is 0.933. The van der Waals surface area contributed by atoms with Crippen LogP contribution in [-0.2, 0) is 4.79 Å². The maximum atomic E-state index is 11.3. The average molecular weight is 266 g/mol. The highest BCUT2D eigenvalue weighted by atomic mass is 16.4. The lowest BCUT2D eigenvalue weighted by Gasteiger charge is -2.40. The third-order valence-corrected chi connectivity index (χ3v) is 5.56. The molecule has 3 saturated heterocycles. The molecule has 0 aromatic rings. The lowest BCUT2D eigenvalue weighted by atomic mass is 9.89. The van der Waals surface area contributed by atoms with Gasteiger partial charge in [-0.3, -0.25) is 9.69 Å². The summed E-state index contributed by atoms with van der Waals surface area (Å²) >= 11 is 0. The third kappa shape index (κ3) is 2.29. The number of hydrogen-bond acceptors (Lipinski definition) is 3. The number of fused-ring (bicyclic) bond motifs is 2. The molecule has 3 heterocycles. The molecule has 3 unspecified atom stereocenters. The molecular formula is C15H26N2O2. The molecule has 0 saturated carbocycles. The van der Waals surface area contributed by atoms with E-state index in [0.29, 0.717) is 24.2 Å². The van der Waals surface area contributed by atoms with Gasteiger partial charge in [-0.25, -0.2) is 0 Å². The molecule has 4 nitrogen and oxygen atoms in total. The van der Waals surface area contributed by atoms with Gasteiger partial charge in [-0.2, -0.15) is 0 Å². The summed E-state index contributed by atoms with van der Waals surface area (Å²) in [6.45, 7) is 6.88. The van der Waals surface area contributed by atoms with Gasteiger partial charge >= 0.3 is 5.97 Å². The molecule has 19 heavy (non-hydrogen) atoms. The van der Waals surface area contributed by atoms with Crippen LogP contribution in [0.25, 0.3) is 0 Å². The summed E-state index contributed by atoms with van der Waals surface area (Å²) in [6.07, 6.45) is 5.66. The van der Waals surface area contributed by atoms with Crippen LogP contribution >= 0.6 is 0 Å². The lowest BCUT2D eigenvalue weighted by Crippen LogP contribution is -2.49. The highest BCUT2D eigenvalue weighted by molar-refractivity contribution is 5.71. The largest absolute Gasteiger partial charge is 0.481 e. The fourth-order valence-corrected chi connectivity index (χ4v) is 4.57. The predicted molar refractivity (Wildman–Crippen MR) is 74.1 cm³/mol. The highest BCUT2D eigenvalue weighted by Crippen LogP contribution is 2.44. The van der Waals surface area contributed by atoms with Gasteiger partial charge in [0.2, 0.25) is 0 Å². The number of carboxylic acid groups (broad SMARTS) is 1. The number of rotatable bonds is 3. The maximum Gasteiger partial charge on any atom is 0.308 e. The number of aliphatic carboxylic acids is 1. The molecule has 0 aliphatic carbocycles. The minimum atomic E-state index is -0.572. The van der Waals surface area contributed by atoms with Gasteiger partial charge in [0, 0.05) is 24.2 Å². The maximum absolute atomic E-state index is 11.3. The summed E-state index contributed by atoms with van der Waals surface area (Å²) in [6, 6.07) is 2.17. The molecule has 1 N–H and O–H groups in total. The highest BCUT2D eigenvalue weighted by Gasteiger charge is 2.51. The molecule has 4 heteroatoms. The van der Waals surface area contributed by atoms with Crippen molar-refractivity contribution in [3.63, 3.8) is 0 Å². The SMILES string of the molecule is CC(C)N1CCC(N2C3CCC2C(C(=O)O)C3)CC1. The zero-order valence-corrected chi connectivity index (χ0v) is 12.1. The van der Waals surface area contributed by atoms with Gasteiger partial charge < -0.3 is 10.0 Å². The van der Waals surface area contributed by atoms with Gasteiger partial charge in [0.1, 0.15) is 0 Å². The molecular weight excluding hydrogens is 240 g/mol. The lowest BCUT2D eigenvalue weighted by molar-refractivity contribution is -0.142. The van der Waals surface area contributed by atoms with E-state index in [4.69, 9.17) is 0 Å². The van der Waals surface area contributed by atoms with E-state index in [-0.39, 0.29) is 5.92 Å². The van der Waals surface area contributed by atoms with Gasteiger partial charge in [0.15, 0.2) is 0 Å². The van der Waals surface area contributed by atoms with Crippen molar-refractivity contribution in [2.24, 2.45) is 5.92 Å². The van der Waals surface area contributed by atoms with Crippen molar-refractivity contribution in [1.82, 2.24) is 9.80 Å². The quantitative estimate of drug-likeness (QED) is 0.846. The van der Waals surface area contributed by atoms with E-state index < -0.39 is 5.97 Å². The Balaban J connectivity index is 1.63. The Labute approximate surface area is 115 Å². The van der Waals surface area contributed by atoms with Gasteiger partial charge in [-0.15, -0.1) is 0 Å². The molecule has 3 aliphatic heterocycles. The van der Waals surface area contributed by atoms with E-state index in [9.17, 15) is 9.90 Å². The van der Waals surface area contributed by atoms with Crippen LogP contribution in [0.4, 0.5) is 0 Å². The van der Waals surface area contributed by atoms with Gasteiger partial charge in [-0.1, -0.05) is 0 Å². The average Bonchev–Trinajstić information content (AvgIpc) is 2.96. The number of nitrogens with zero attached hydrogens (tertiary/aromatic N) is 2. The van der Waals surface area contributed by atoms with Crippen molar-refractivity contribution < 1.29 is 9.90 Å². The summed E-state index contributed by atoms with van der Waals surface area (Å²) in [7, 11) is 0. The molecule has 3 fully saturated rings. The first-order chi connectivity index (χ1) is 9.08. The smallest absolute Gasteiger partial charge is 0.308 e. The molecule has 0 amide bonds. The summed E-state index contributed by atoms with van der Waals surface area (Å²) in [5, 5.41) is 9.33. The Morgan fingerprint density at radius 3 is 2.32 bits per heavy atom. The van der Waals surface area contributed by atoms with Crippen molar-refractivity contribution in [3.8, 4) is 0 Å². The summed E-state index contributed by atoms with van der Waals surface area (Å²) in [4.78, 5) is 16.5. The summed E-state index contributed by atoms with van der Waals surface area (Å²) in [5.74, 6) is -0.668. The molecule has 3 atom stereocenters. The Hall–Kier alpha value is -0.610. The molecule has 3 rings (SSSR count). The van der Waals surface area contributed by atoms with Crippen LogP contribution in [0.2, 0.25) is 0 Å². The Kier molecular flexibility index (Phi) is 3.56. The number of carboxylic acids is 1. The van der Waals surface area contributed by atoms with Crippen LogP contribution < -0.4 is 0 Å². The standard InChI is InChI=1S/C15H26N2O2/c1-10(2)16-7-5-11(6-8-16)17-12-3-4-14(17)13(9-12)15(18)19/h10-14H,3-9H2,1-2H3,(H,18,19). The van der Waals surface area contributed by atoms with E-state index in [1.54, 1.807) is 0 Å². The number of hydrogen-bond donors (Lipinski definition) is 1. The first-order valence-corrected chi connectivity index (χ1v) is 7.82. The monoisotopic (exact) mass is 266 g/mol. The van der Waals surface area contributed by atoms with Crippen LogP contribution in [0.15, 0.2) is 0 Å². The van der Waals surface area contributed by atoms with E-state index in [2.05, 4.69) is 23.6 Å². The van der Waals surface area contributed by atoms with E-state index in [1.165, 1.54) is 32.4 Å². The summed E-state index contributed by atoms with van der Waals surface area (Å²) in [5.41, 5.74) is 0. The van der Waals surface area contributed by atoms with Crippen molar-refractivity contribution in [1.29, 1.82) is 0 Å². The van der Waals surface area contributed by atoms with Crippen molar-refractivity contribution in [2.45, 2.75) is 70.1 Å². The Morgan fingerprint density at radius 1 is 1.11 bits per heavy atom. The molecule has 3 aliphatic rings. The van der Waals surface area contributed by atoms with Crippen molar-refractivity contribution in [3.05, 3.63) is 0 Å². The predicted octanol–water partition coefficient (Wildman–Crippen LogP) is 1.80. The van der Waals surface area contributed by atoms with Gasteiger partial charge in [-0.05, 0) is 59.0 Å². The van der Waals surface area contributed by atoms with Crippen LogP contribution in [-0.4, -0.2) is 58.1 Å². The second-order valence-corrected chi connectivity index (χ2v) is 6.79. The fourth-order valence-electron chi connectivity index (χ4n) is 4.57. The van der Waals surface area contributed by atoms with E-state index >= 15 is 0 Å². The van der Waals surface area contributed by atoms with Crippen molar-refractivity contribution in [2.75, 3.05) is 13.1 Å². The molecule has 108 valence electrons. The number of likely N-dealkylation sites (tertiary alicyclic amines) is 1. The molecule has 0 radical (unpaired) electrons. The third-order valence-electron chi connectivity index (χ3n) is 5.56. The summed E-state index contributed by atoms with van der Waals surface area (Å²) < 4.78 is 0. The van der Waals surface area contributed by atoms with Crippen LogP contribution in [0.1, 0.15) is 46.0 Å². The minimum absolute atomic E-state index is 0.0955. The molecule has 0 aromatic carbocycles. The van der Waals surface area contributed by atoms with E-state index in [1.807, 2.05) is 0 Å². The number of carbonyl (C=O) groups is 1. The Bertz CT molecular complexity index is 350. The van der Waals surface area contributed by atoms with E-state index in [0.717, 1.165) is 12.8 Å². The molecule has 0 spiro atoms. The van der Waals surface area contributed by atoms with Gasteiger partial charge in [0.05, 0.1) is 5.92 Å². The first-order valence-electron chi connectivity index (χ1n) is 7.82. The zero-order valence-electron chi connectivity index (χ0n) is 12.1.